The summed E-state index contributed by atoms with van der Waals surface area (Å²) in [5.74, 6) is 1.46. The lowest BCUT2D eigenvalue weighted by Gasteiger charge is -2.25. The Labute approximate surface area is 260 Å². The Balaban J connectivity index is 1.35. The highest BCUT2D eigenvalue weighted by Gasteiger charge is 2.27. The zero-order valence-electron chi connectivity index (χ0n) is 24.3. The summed E-state index contributed by atoms with van der Waals surface area (Å²) in [4.78, 5) is 10.6. The molecule has 8 aromatic rings. The molecule has 1 aromatic heterocycles. The molecule has 1 unspecified atom stereocenters. The maximum atomic E-state index is 6.41. The van der Waals surface area contributed by atoms with E-state index in [-0.39, 0.29) is 6.17 Å². The number of nitrogens with one attached hydrogen (secondary N) is 1. The monoisotopic (exact) mass is 577 g/mol. The maximum absolute atomic E-state index is 6.41. The van der Waals surface area contributed by atoms with Gasteiger partial charge in [0.25, 0.3) is 0 Å². The number of aliphatic imine (C=N–C) groups is 2. The van der Waals surface area contributed by atoms with Crippen molar-refractivity contribution in [1.29, 1.82) is 0 Å². The van der Waals surface area contributed by atoms with Gasteiger partial charge in [-0.3, -0.25) is 0 Å². The molecule has 212 valence electrons. The summed E-state index contributed by atoms with van der Waals surface area (Å²) < 4.78 is 6.41. The van der Waals surface area contributed by atoms with Gasteiger partial charge in [0.15, 0.2) is 5.84 Å². The highest BCUT2D eigenvalue weighted by atomic mass is 16.3. The van der Waals surface area contributed by atoms with Crippen LogP contribution in [-0.4, -0.2) is 11.7 Å². The second-order valence-electron chi connectivity index (χ2n) is 11.4. The fourth-order valence-corrected chi connectivity index (χ4v) is 6.58. The highest BCUT2D eigenvalue weighted by Crippen LogP contribution is 2.39. The Bertz CT molecular complexity index is 2470. The zero-order valence-corrected chi connectivity index (χ0v) is 24.3. The third-order valence-electron chi connectivity index (χ3n) is 8.73. The van der Waals surface area contributed by atoms with E-state index in [1.54, 1.807) is 0 Å². The molecular weight excluding hydrogens is 550 g/mol. The molecule has 0 radical (unpaired) electrons. The van der Waals surface area contributed by atoms with Gasteiger partial charge in [0.05, 0.1) is 0 Å². The van der Waals surface area contributed by atoms with Gasteiger partial charge >= 0.3 is 0 Å². The number of furan rings is 1. The molecule has 0 bridgehead atoms. The number of hydrogen-bond acceptors (Lipinski definition) is 4. The summed E-state index contributed by atoms with van der Waals surface area (Å²) in [7, 11) is 0. The lowest BCUT2D eigenvalue weighted by atomic mass is 9.92. The number of fused-ring (bicyclic) bond motifs is 5. The smallest absolute Gasteiger partial charge is 0.160 e. The summed E-state index contributed by atoms with van der Waals surface area (Å²) in [6.07, 6.45) is -0.328. The Morgan fingerprint density at radius 3 is 2.16 bits per heavy atom. The average Bonchev–Trinajstić information content (AvgIpc) is 3.50. The first-order chi connectivity index (χ1) is 22.3. The minimum Gasteiger partial charge on any atom is -0.456 e. The van der Waals surface area contributed by atoms with E-state index in [4.69, 9.17) is 14.4 Å². The van der Waals surface area contributed by atoms with Crippen LogP contribution in [0.2, 0.25) is 0 Å². The molecule has 1 atom stereocenters. The van der Waals surface area contributed by atoms with Gasteiger partial charge in [-0.25, -0.2) is 9.98 Å². The van der Waals surface area contributed by atoms with Crippen molar-refractivity contribution < 1.29 is 4.42 Å². The normalized spacial score (nSPS) is 14.9. The summed E-state index contributed by atoms with van der Waals surface area (Å²) in [6.45, 7) is 0. The van der Waals surface area contributed by atoms with Crippen LogP contribution in [0.1, 0.15) is 22.9 Å². The number of para-hydroxylation sites is 1. The molecule has 0 spiro atoms. The summed E-state index contributed by atoms with van der Waals surface area (Å²) in [5, 5.41) is 10.5. The number of rotatable bonds is 4. The molecular formula is C41H27N3O. The fraction of sp³-hybridized carbons (Fsp3) is 0.0244. The quantitative estimate of drug-likeness (QED) is 0.226. The van der Waals surface area contributed by atoms with Gasteiger partial charge in [0.2, 0.25) is 0 Å². The second kappa shape index (κ2) is 10.3. The van der Waals surface area contributed by atoms with Crippen LogP contribution in [0.5, 0.6) is 0 Å². The first-order valence-electron chi connectivity index (χ1n) is 15.2. The molecule has 0 fully saturated rings. The van der Waals surface area contributed by atoms with Gasteiger partial charge in [-0.05, 0) is 62.5 Å². The van der Waals surface area contributed by atoms with E-state index >= 15 is 0 Å². The van der Waals surface area contributed by atoms with Crippen LogP contribution in [0.25, 0.3) is 54.6 Å². The summed E-state index contributed by atoms with van der Waals surface area (Å²) in [5.41, 5.74) is 6.95. The molecule has 0 saturated carbocycles. The number of hydrogen-bond donors (Lipinski definition) is 1. The van der Waals surface area contributed by atoms with Crippen LogP contribution in [0.15, 0.2) is 166 Å². The molecule has 1 N–H and O–H groups in total. The number of amidine groups is 2. The van der Waals surface area contributed by atoms with Crippen molar-refractivity contribution in [2.24, 2.45) is 9.98 Å². The standard InChI is InChI=1S/C41H27N3O/c1-2-13-28(14-3-1)39-42-40(33-19-10-16-27-12-6-7-17-31(27)33)44-41(43-39)38-32(30-22-21-26-11-4-5-15-29(26)25-30)23-24-36-37(38)34-18-8-9-20-35(34)45-36/h1-25,39H,(H,42,43,44). The fourth-order valence-electron chi connectivity index (χ4n) is 6.58. The second-order valence-corrected chi connectivity index (χ2v) is 11.4. The maximum Gasteiger partial charge on any atom is 0.160 e. The van der Waals surface area contributed by atoms with Crippen molar-refractivity contribution in [3.63, 3.8) is 0 Å². The van der Waals surface area contributed by atoms with Crippen molar-refractivity contribution >= 4 is 55.2 Å². The molecule has 0 amide bonds. The molecule has 1 aliphatic heterocycles. The van der Waals surface area contributed by atoms with Gasteiger partial charge < -0.3 is 9.73 Å². The molecule has 45 heavy (non-hydrogen) atoms. The van der Waals surface area contributed by atoms with Gasteiger partial charge in [-0.1, -0.05) is 127 Å². The number of nitrogens with zero attached hydrogens (tertiary/aromatic N) is 2. The van der Waals surface area contributed by atoms with Crippen LogP contribution >= 0.6 is 0 Å². The van der Waals surface area contributed by atoms with E-state index < -0.39 is 0 Å². The van der Waals surface area contributed by atoms with Crippen LogP contribution < -0.4 is 5.32 Å². The minimum absolute atomic E-state index is 0.328. The van der Waals surface area contributed by atoms with Crippen molar-refractivity contribution in [3.8, 4) is 11.1 Å². The van der Waals surface area contributed by atoms with Crippen LogP contribution in [0, 0.1) is 0 Å². The Morgan fingerprint density at radius 1 is 0.533 bits per heavy atom. The topological polar surface area (TPSA) is 49.9 Å². The lowest BCUT2D eigenvalue weighted by molar-refractivity contribution is 0.668. The third-order valence-corrected chi connectivity index (χ3v) is 8.73. The first kappa shape index (κ1) is 25.5. The van der Waals surface area contributed by atoms with E-state index in [0.717, 1.165) is 66.4 Å². The average molecular weight is 578 g/mol. The molecule has 4 nitrogen and oxygen atoms in total. The SMILES string of the molecule is c1ccc(C2N=C(c3cccc4ccccc34)N=C(c3c(-c4ccc5ccccc5c4)ccc4oc5ccccc5c34)N2)cc1. The third kappa shape index (κ3) is 4.30. The summed E-state index contributed by atoms with van der Waals surface area (Å²) >= 11 is 0. The van der Waals surface area contributed by atoms with E-state index in [2.05, 4.69) is 139 Å². The predicted molar refractivity (Wildman–Crippen MR) is 186 cm³/mol. The van der Waals surface area contributed by atoms with E-state index in [1.165, 1.54) is 10.8 Å². The highest BCUT2D eigenvalue weighted by molar-refractivity contribution is 6.25. The van der Waals surface area contributed by atoms with Crippen molar-refractivity contribution in [1.82, 2.24) is 5.32 Å². The first-order valence-corrected chi connectivity index (χ1v) is 15.2. The van der Waals surface area contributed by atoms with Gasteiger partial charge in [-0.2, -0.15) is 0 Å². The van der Waals surface area contributed by atoms with Gasteiger partial charge in [-0.15, -0.1) is 0 Å². The van der Waals surface area contributed by atoms with Crippen molar-refractivity contribution in [2.75, 3.05) is 0 Å². The Morgan fingerprint density at radius 2 is 1.27 bits per heavy atom. The predicted octanol–water partition coefficient (Wildman–Crippen LogP) is 10.1. The van der Waals surface area contributed by atoms with Crippen LogP contribution in [-0.2, 0) is 0 Å². The van der Waals surface area contributed by atoms with Gasteiger partial charge in [0, 0.05) is 21.9 Å². The molecule has 4 heteroatoms. The molecule has 9 rings (SSSR count). The lowest BCUT2D eigenvalue weighted by Crippen LogP contribution is -2.34. The minimum atomic E-state index is -0.328. The van der Waals surface area contributed by atoms with E-state index in [0.29, 0.717) is 5.84 Å². The molecule has 7 aromatic carbocycles. The zero-order chi connectivity index (χ0) is 29.7. The summed E-state index contributed by atoms with van der Waals surface area (Å²) in [6, 6.07) is 52.8. The Hall–Kier alpha value is -6.00. The Kier molecular flexibility index (Phi) is 5.85. The number of benzene rings is 7. The largest absolute Gasteiger partial charge is 0.456 e. The molecule has 2 heterocycles. The van der Waals surface area contributed by atoms with Crippen molar-refractivity contribution in [2.45, 2.75) is 6.17 Å². The molecule has 1 aliphatic rings. The van der Waals surface area contributed by atoms with E-state index in [1.807, 2.05) is 18.2 Å². The van der Waals surface area contributed by atoms with E-state index in [9.17, 15) is 0 Å². The van der Waals surface area contributed by atoms with Crippen LogP contribution in [0.4, 0.5) is 0 Å². The van der Waals surface area contributed by atoms with Crippen molar-refractivity contribution in [3.05, 3.63) is 168 Å². The molecule has 0 saturated heterocycles. The molecule has 0 aliphatic carbocycles. The van der Waals surface area contributed by atoms with Crippen LogP contribution in [0.3, 0.4) is 0 Å². The van der Waals surface area contributed by atoms with Gasteiger partial charge in [0.1, 0.15) is 23.2 Å².